The molecule has 0 aromatic carbocycles. The molecular formula is C19H27NO6. The van der Waals surface area contributed by atoms with Crippen LogP contribution in [0.25, 0.3) is 0 Å². The highest BCUT2D eigenvalue weighted by Crippen LogP contribution is 2.42. The summed E-state index contributed by atoms with van der Waals surface area (Å²) in [5.74, 6) is -1.52. The van der Waals surface area contributed by atoms with Gasteiger partial charge >= 0.3 is 5.97 Å². The fraction of sp³-hybridized carbons (Fsp3) is 0.684. The molecule has 144 valence electrons. The average molecular weight is 365 g/mol. The molecule has 1 heterocycles. The van der Waals surface area contributed by atoms with E-state index in [0.29, 0.717) is 30.8 Å². The van der Waals surface area contributed by atoms with Gasteiger partial charge in [0, 0.05) is 12.8 Å². The summed E-state index contributed by atoms with van der Waals surface area (Å²) in [5.41, 5.74) is -1.16. The molecule has 0 spiro atoms. The molecule has 2 amide bonds. The molecule has 2 aliphatic rings. The fourth-order valence-corrected chi connectivity index (χ4v) is 3.88. The molecule has 0 N–H and O–H groups in total. The van der Waals surface area contributed by atoms with Gasteiger partial charge in [-0.3, -0.25) is 14.4 Å². The molecule has 2 atom stereocenters. The van der Waals surface area contributed by atoms with Crippen LogP contribution in [0.3, 0.4) is 0 Å². The van der Waals surface area contributed by atoms with Crippen molar-refractivity contribution in [3.8, 4) is 0 Å². The van der Waals surface area contributed by atoms with Crippen LogP contribution in [-0.4, -0.2) is 35.4 Å². The molecule has 26 heavy (non-hydrogen) atoms. The zero-order valence-corrected chi connectivity index (χ0v) is 15.7. The lowest BCUT2D eigenvalue weighted by molar-refractivity contribution is -0.206. The lowest BCUT2D eigenvalue weighted by atomic mass is 9.69. The van der Waals surface area contributed by atoms with Gasteiger partial charge in [0.15, 0.2) is 0 Å². The number of rotatable bonds is 4. The van der Waals surface area contributed by atoms with Crippen LogP contribution >= 0.6 is 0 Å². The predicted molar refractivity (Wildman–Crippen MR) is 92.2 cm³/mol. The minimum absolute atomic E-state index is 0.0732. The third-order valence-electron chi connectivity index (χ3n) is 4.98. The molecule has 0 aromatic heterocycles. The standard InChI is InChI=1S/C19H27NO6/c1-18(2)11-14(25-13-21)7-5-4-6-10-19(3,12-18)17(24)26-20-15(22)8-9-16(20)23/h5,7,13-14H,4,6,8-12H2,1-3H3/b7-5+. The summed E-state index contributed by atoms with van der Waals surface area (Å²) in [6.45, 7) is 6.25. The van der Waals surface area contributed by atoms with E-state index in [4.69, 9.17) is 9.57 Å². The lowest BCUT2D eigenvalue weighted by Gasteiger charge is -2.37. The van der Waals surface area contributed by atoms with E-state index < -0.39 is 23.2 Å². The molecule has 0 aromatic rings. The summed E-state index contributed by atoms with van der Waals surface area (Å²) in [6, 6.07) is 0. The van der Waals surface area contributed by atoms with Crippen molar-refractivity contribution < 1.29 is 28.8 Å². The number of ether oxygens (including phenoxy) is 1. The molecule has 2 unspecified atom stereocenters. The maximum atomic E-state index is 12.9. The van der Waals surface area contributed by atoms with E-state index >= 15 is 0 Å². The summed E-state index contributed by atoms with van der Waals surface area (Å²) >= 11 is 0. The summed E-state index contributed by atoms with van der Waals surface area (Å²) in [7, 11) is 0. The Labute approximate surface area is 153 Å². The van der Waals surface area contributed by atoms with Gasteiger partial charge in [-0.25, -0.2) is 4.79 Å². The summed E-state index contributed by atoms with van der Waals surface area (Å²) < 4.78 is 5.13. The zero-order chi connectivity index (χ0) is 19.4. The Bertz CT molecular complexity index is 595. The summed E-state index contributed by atoms with van der Waals surface area (Å²) in [6.07, 6.45) is 6.75. The fourth-order valence-electron chi connectivity index (χ4n) is 3.88. The Morgan fingerprint density at radius 3 is 2.50 bits per heavy atom. The van der Waals surface area contributed by atoms with Crippen molar-refractivity contribution in [2.24, 2.45) is 10.8 Å². The molecule has 1 aliphatic carbocycles. The van der Waals surface area contributed by atoms with Gasteiger partial charge in [-0.15, -0.1) is 5.06 Å². The number of imide groups is 1. The quantitative estimate of drug-likeness (QED) is 0.432. The molecule has 0 bridgehead atoms. The number of hydroxylamine groups is 2. The van der Waals surface area contributed by atoms with Crippen LogP contribution in [0.4, 0.5) is 0 Å². The van der Waals surface area contributed by atoms with Crippen LogP contribution < -0.4 is 0 Å². The first-order valence-corrected chi connectivity index (χ1v) is 9.01. The van der Waals surface area contributed by atoms with Crippen LogP contribution in [0, 0.1) is 10.8 Å². The molecule has 0 saturated carbocycles. The smallest absolute Gasteiger partial charge is 0.339 e. The van der Waals surface area contributed by atoms with Gasteiger partial charge < -0.3 is 9.57 Å². The van der Waals surface area contributed by atoms with Crippen LogP contribution in [0.15, 0.2) is 12.2 Å². The van der Waals surface area contributed by atoms with Gasteiger partial charge in [-0.1, -0.05) is 19.9 Å². The van der Waals surface area contributed by atoms with E-state index in [1.165, 1.54) is 0 Å². The monoisotopic (exact) mass is 365 g/mol. The minimum Gasteiger partial charge on any atom is -0.460 e. The van der Waals surface area contributed by atoms with Gasteiger partial charge in [0.2, 0.25) is 0 Å². The van der Waals surface area contributed by atoms with E-state index in [1.807, 2.05) is 32.9 Å². The Morgan fingerprint density at radius 2 is 1.88 bits per heavy atom. The van der Waals surface area contributed by atoms with E-state index in [2.05, 4.69) is 0 Å². The summed E-state index contributed by atoms with van der Waals surface area (Å²) in [5, 5.41) is 0.609. The Hall–Kier alpha value is -2.18. The van der Waals surface area contributed by atoms with Crippen LogP contribution in [0.5, 0.6) is 0 Å². The van der Waals surface area contributed by atoms with Crippen LogP contribution in [0.1, 0.15) is 65.7 Å². The van der Waals surface area contributed by atoms with Crippen LogP contribution in [-0.2, 0) is 28.8 Å². The Balaban J connectivity index is 2.17. The van der Waals surface area contributed by atoms with Gasteiger partial charge in [-0.2, -0.15) is 0 Å². The predicted octanol–water partition coefficient (Wildman–Crippen LogP) is 2.69. The topological polar surface area (TPSA) is 90.0 Å². The molecular weight excluding hydrogens is 338 g/mol. The number of allylic oxidation sites excluding steroid dienone is 1. The summed E-state index contributed by atoms with van der Waals surface area (Å²) in [4.78, 5) is 52.3. The Kier molecular flexibility index (Phi) is 6.21. The van der Waals surface area contributed by atoms with Crippen molar-refractivity contribution in [3.05, 3.63) is 12.2 Å². The van der Waals surface area contributed by atoms with Gasteiger partial charge in [0.25, 0.3) is 18.3 Å². The van der Waals surface area contributed by atoms with Crippen molar-refractivity contribution in [3.63, 3.8) is 0 Å². The molecule has 7 nitrogen and oxygen atoms in total. The maximum Gasteiger partial charge on any atom is 0.339 e. The normalized spacial score (nSPS) is 30.6. The highest BCUT2D eigenvalue weighted by atomic mass is 16.7. The first-order chi connectivity index (χ1) is 12.2. The first kappa shape index (κ1) is 20.1. The number of hydrogen-bond acceptors (Lipinski definition) is 6. The molecule has 2 rings (SSSR count). The van der Waals surface area contributed by atoms with Gasteiger partial charge in [0.1, 0.15) is 6.10 Å². The molecule has 7 heteroatoms. The first-order valence-electron chi connectivity index (χ1n) is 9.01. The van der Waals surface area contributed by atoms with Crippen LogP contribution in [0.2, 0.25) is 0 Å². The number of hydrogen-bond donors (Lipinski definition) is 0. The minimum atomic E-state index is -0.844. The Morgan fingerprint density at radius 1 is 1.23 bits per heavy atom. The van der Waals surface area contributed by atoms with E-state index in [9.17, 15) is 19.2 Å². The second-order valence-corrected chi connectivity index (χ2v) is 8.16. The third-order valence-corrected chi connectivity index (χ3v) is 4.98. The molecule has 1 fully saturated rings. The molecule has 1 aliphatic heterocycles. The van der Waals surface area contributed by atoms with Crippen molar-refractivity contribution in [2.45, 2.75) is 71.8 Å². The largest absolute Gasteiger partial charge is 0.460 e. The van der Waals surface area contributed by atoms with Crippen molar-refractivity contribution in [2.75, 3.05) is 0 Å². The van der Waals surface area contributed by atoms with Gasteiger partial charge in [-0.05, 0) is 50.5 Å². The maximum absolute atomic E-state index is 12.9. The van der Waals surface area contributed by atoms with Crippen molar-refractivity contribution in [1.29, 1.82) is 0 Å². The van der Waals surface area contributed by atoms with E-state index in [-0.39, 0.29) is 24.4 Å². The SMILES string of the molecule is CC1(C)CC(OC=O)/C=C/CCCC(C)(C(=O)ON2C(=O)CCC2=O)C1. The number of carbonyl (C=O) groups excluding carboxylic acids is 4. The number of nitrogens with zero attached hydrogens (tertiary/aromatic N) is 1. The van der Waals surface area contributed by atoms with E-state index in [0.717, 1.165) is 12.8 Å². The van der Waals surface area contributed by atoms with Crippen molar-refractivity contribution >= 4 is 24.3 Å². The van der Waals surface area contributed by atoms with Gasteiger partial charge in [0.05, 0.1) is 5.41 Å². The second-order valence-electron chi connectivity index (χ2n) is 8.16. The highest BCUT2D eigenvalue weighted by molar-refractivity contribution is 6.01. The third kappa shape index (κ3) is 4.93. The average Bonchev–Trinajstić information content (AvgIpc) is 2.85. The zero-order valence-electron chi connectivity index (χ0n) is 15.7. The molecule has 1 saturated heterocycles. The van der Waals surface area contributed by atoms with E-state index in [1.54, 1.807) is 0 Å². The second kappa shape index (κ2) is 8.01. The highest BCUT2D eigenvalue weighted by Gasteiger charge is 2.44. The molecule has 0 radical (unpaired) electrons. The van der Waals surface area contributed by atoms with Crippen molar-refractivity contribution in [1.82, 2.24) is 5.06 Å². The lowest BCUT2D eigenvalue weighted by Crippen LogP contribution is -2.41. The number of carbonyl (C=O) groups is 4. The number of amides is 2.